The largest absolute Gasteiger partial charge is 0.354 e. The highest BCUT2D eigenvalue weighted by atomic mass is 35.5. The molecule has 1 atom stereocenters. The van der Waals surface area contributed by atoms with E-state index in [0.29, 0.717) is 27.2 Å². The molecule has 0 radical (unpaired) electrons. The average molecular weight is 611 g/mol. The van der Waals surface area contributed by atoms with Crippen molar-refractivity contribution in [1.29, 1.82) is 0 Å². The number of benzene rings is 3. The van der Waals surface area contributed by atoms with Gasteiger partial charge in [-0.3, -0.25) is 13.9 Å². The molecule has 2 amide bonds. The fourth-order valence-electron chi connectivity index (χ4n) is 3.80. The Morgan fingerprint density at radius 2 is 1.62 bits per heavy atom. The van der Waals surface area contributed by atoms with Gasteiger partial charge >= 0.3 is 0 Å². The van der Waals surface area contributed by atoms with Gasteiger partial charge in [0.1, 0.15) is 12.6 Å². The first-order chi connectivity index (χ1) is 18.4. The monoisotopic (exact) mass is 609 g/mol. The molecule has 7 nitrogen and oxygen atoms in total. The van der Waals surface area contributed by atoms with Crippen molar-refractivity contribution in [2.24, 2.45) is 0 Å². The zero-order chi connectivity index (χ0) is 28.7. The lowest BCUT2D eigenvalue weighted by molar-refractivity contribution is -0.139. The summed E-state index contributed by atoms with van der Waals surface area (Å²) in [5.74, 6) is -0.947. The van der Waals surface area contributed by atoms with Crippen LogP contribution in [0, 0.1) is 6.92 Å². The van der Waals surface area contributed by atoms with Crippen LogP contribution in [0.4, 0.5) is 5.69 Å². The van der Waals surface area contributed by atoms with Gasteiger partial charge in [-0.1, -0.05) is 72.1 Å². The van der Waals surface area contributed by atoms with Crippen LogP contribution in [-0.2, 0) is 26.2 Å². The second-order valence-electron chi connectivity index (χ2n) is 9.00. The number of carbonyl (C=O) groups is 2. The molecule has 0 saturated heterocycles. The molecule has 0 aromatic heterocycles. The van der Waals surface area contributed by atoms with E-state index in [1.165, 1.54) is 23.1 Å². The van der Waals surface area contributed by atoms with Crippen LogP contribution in [0.25, 0.3) is 0 Å². The minimum absolute atomic E-state index is 0.00428. The van der Waals surface area contributed by atoms with Gasteiger partial charge in [0.2, 0.25) is 11.8 Å². The Morgan fingerprint density at radius 3 is 2.23 bits per heavy atom. The number of aryl methyl sites for hydroxylation is 1. The van der Waals surface area contributed by atoms with Crippen molar-refractivity contribution in [3.05, 3.63) is 92.9 Å². The summed E-state index contributed by atoms with van der Waals surface area (Å²) in [5, 5.41) is 3.80. The van der Waals surface area contributed by atoms with Gasteiger partial charge in [-0.25, -0.2) is 8.42 Å². The molecule has 0 aliphatic carbocycles. The van der Waals surface area contributed by atoms with E-state index >= 15 is 0 Å². The highest BCUT2D eigenvalue weighted by Gasteiger charge is 2.32. The van der Waals surface area contributed by atoms with E-state index in [0.717, 1.165) is 16.3 Å². The normalized spacial score (nSPS) is 12.1. The van der Waals surface area contributed by atoms with Crippen LogP contribution < -0.4 is 9.62 Å². The molecule has 39 heavy (non-hydrogen) atoms. The van der Waals surface area contributed by atoms with Gasteiger partial charge in [0, 0.05) is 18.1 Å². The second kappa shape index (κ2) is 13.5. The van der Waals surface area contributed by atoms with Crippen molar-refractivity contribution in [2.75, 3.05) is 17.4 Å². The molecule has 208 valence electrons. The Bertz CT molecular complexity index is 1440. The number of anilines is 1. The number of rotatable bonds is 11. The topological polar surface area (TPSA) is 86.8 Å². The van der Waals surface area contributed by atoms with E-state index in [9.17, 15) is 18.0 Å². The smallest absolute Gasteiger partial charge is 0.264 e. The molecule has 0 spiro atoms. The molecule has 0 saturated carbocycles. The van der Waals surface area contributed by atoms with Crippen LogP contribution in [0.2, 0.25) is 15.1 Å². The van der Waals surface area contributed by atoms with Crippen molar-refractivity contribution in [3.8, 4) is 0 Å². The third-order valence-corrected chi connectivity index (χ3v) is 9.04. The van der Waals surface area contributed by atoms with E-state index in [2.05, 4.69) is 5.32 Å². The number of hydrogen-bond acceptors (Lipinski definition) is 4. The predicted molar refractivity (Wildman–Crippen MR) is 157 cm³/mol. The molecule has 0 heterocycles. The van der Waals surface area contributed by atoms with E-state index < -0.39 is 28.5 Å². The maximum absolute atomic E-state index is 13.9. The van der Waals surface area contributed by atoms with Crippen molar-refractivity contribution >= 4 is 62.3 Å². The Balaban J connectivity index is 2.04. The number of hydrogen-bond donors (Lipinski definition) is 1. The Labute approximate surface area is 244 Å². The fourth-order valence-corrected chi connectivity index (χ4v) is 5.72. The number of halogens is 3. The lowest BCUT2D eigenvalue weighted by atomic mass is 10.1. The van der Waals surface area contributed by atoms with Crippen molar-refractivity contribution < 1.29 is 18.0 Å². The molecule has 3 aromatic carbocycles. The fraction of sp³-hybridized carbons (Fsp3) is 0.286. The molecule has 0 bridgehead atoms. The molecule has 0 fully saturated rings. The standard InChI is InChI=1S/C28H30Cl3N3O4S/c1-4-14-32-28(36)20(3)33(17-21-11-13-24(29)26(31)15-21)27(35)18-34(22-12-10-19(2)25(30)16-22)39(37,38)23-8-6-5-7-9-23/h5-13,15-16,20H,4,14,17-18H2,1-3H3,(H,32,36). The van der Waals surface area contributed by atoms with Crippen molar-refractivity contribution in [1.82, 2.24) is 10.2 Å². The second-order valence-corrected chi connectivity index (χ2v) is 12.1. The van der Waals surface area contributed by atoms with E-state index in [4.69, 9.17) is 34.8 Å². The van der Waals surface area contributed by atoms with Crippen LogP contribution in [0.1, 0.15) is 31.4 Å². The molecule has 1 N–H and O–H groups in total. The summed E-state index contributed by atoms with van der Waals surface area (Å²) in [6.45, 7) is 5.19. The number of carbonyl (C=O) groups excluding carboxylic acids is 2. The lowest BCUT2D eigenvalue weighted by Gasteiger charge is -2.32. The van der Waals surface area contributed by atoms with Gasteiger partial charge in [-0.2, -0.15) is 0 Å². The Hall–Kier alpha value is -2.78. The minimum atomic E-state index is -4.17. The zero-order valence-electron chi connectivity index (χ0n) is 21.8. The van der Waals surface area contributed by atoms with Crippen LogP contribution in [-0.4, -0.2) is 44.3 Å². The third kappa shape index (κ3) is 7.66. The SMILES string of the molecule is CCCNC(=O)C(C)N(Cc1ccc(Cl)c(Cl)c1)C(=O)CN(c1ccc(C)c(Cl)c1)S(=O)(=O)c1ccccc1. The molecular formula is C28H30Cl3N3O4S. The molecular weight excluding hydrogens is 581 g/mol. The summed E-state index contributed by atoms with van der Waals surface area (Å²) >= 11 is 18.6. The molecule has 0 aliphatic rings. The van der Waals surface area contributed by atoms with Gasteiger partial charge in [0.25, 0.3) is 10.0 Å². The maximum atomic E-state index is 13.9. The maximum Gasteiger partial charge on any atom is 0.264 e. The van der Waals surface area contributed by atoms with E-state index in [1.807, 2.05) is 6.92 Å². The zero-order valence-corrected chi connectivity index (χ0v) is 24.9. The number of amides is 2. The molecule has 11 heteroatoms. The van der Waals surface area contributed by atoms with Crippen molar-refractivity contribution in [2.45, 2.75) is 44.7 Å². The molecule has 3 aromatic rings. The van der Waals surface area contributed by atoms with E-state index in [1.54, 1.807) is 62.4 Å². The highest BCUT2D eigenvalue weighted by molar-refractivity contribution is 7.92. The summed E-state index contributed by atoms with van der Waals surface area (Å²) in [7, 11) is -4.17. The lowest BCUT2D eigenvalue weighted by Crippen LogP contribution is -2.51. The number of nitrogens with one attached hydrogen (secondary N) is 1. The summed E-state index contributed by atoms with van der Waals surface area (Å²) < 4.78 is 28.6. The highest BCUT2D eigenvalue weighted by Crippen LogP contribution is 2.29. The van der Waals surface area contributed by atoms with Crippen LogP contribution >= 0.6 is 34.8 Å². The van der Waals surface area contributed by atoms with Gasteiger partial charge in [-0.05, 0) is 67.8 Å². The first kappa shape index (κ1) is 30.8. The van der Waals surface area contributed by atoms with Gasteiger partial charge in [-0.15, -0.1) is 0 Å². The average Bonchev–Trinajstić information content (AvgIpc) is 2.92. The van der Waals surface area contributed by atoms with Crippen molar-refractivity contribution in [3.63, 3.8) is 0 Å². The third-order valence-electron chi connectivity index (χ3n) is 6.11. The van der Waals surface area contributed by atoms with Gasteiger partial charge < -0.3 is 10.2 Å². The first-order valence-electron chi connectivity index (χ1n) is 12.3. The summed E-state index contributed by atoms with van der Waals surface area (Å²) in [6, 6.07) is 16.6. The quantitative estimate of drug-likeness (QED) is 0.285. The molecule has 0 aliphatic heterocycles. The Kier molecular flexibility index (Phi) is 10.7. The van der Waals surface area contributed by atoms with Gasteiger partial charge in [0.05, 0.1) is 20.6 Å². The molecule has 1 unspecified atom stereocenters. The van der Waals surface area contributed by atoms with Gasteiger partial charge in [0.15, 0.2) is 0 Å². The summed E-state index contributed by atoms with van der Waals surface area (Å²) in [5.41, 5.74) is 1.61. The Morgan fingerprint density at radius 1 is 0.923 bits per heavy atom. The minimum Gasteiger partial charge on any atom is -0.354 e. The molecule has 3 rings (SSSR count). The van der Waals surface area contributed by atoms with Crippen LogP contribution in [0.5, 0.6) is 0 Å². The summed E-state index contributed by atoms with van der Waals surface area (Å²) in [6.07, 6.45) is 0.719. The van der Waals surface area contributed by atoms with Crippen LogP contribution in [0.15, 0.2) is 71.6 Å². The van der Waals surface area contributed by atoms with Crippen LogP contribution in [0.3, 0.4) is 0 Å². The number of sulfonamides is 1. The first-order valence-corrected chi connectivity index (χ1v) is 14.9. The number of nitrogens with zero attached hydrogens (tertiary/aromatic N) is 2. The van der Waals surface area contributed by atoms with E-state index in [-0.39, 0.29) is 23.0 Å². The summed E-state index contributed by atoms with van der Waals surface area (Å²) in [4.78, 5) is 28.1. The predicted octanol–water partition coefficient (Wildman–Crippen LogP) is 6.09.